The smallest absolute Gasteiger partial charge is 0.160 e. The van der Waals surface area contributed by atoms with Crippen LogP contribution in [-0.2, 0) is 5.41 Å². The van der Waals surface area contributed by atoms with Gasteiger partial charge in [-0.3, -0.25) is 0 Å². The Morgan fingerprint density at radius 1 is 0.303 bits per heavy atom. The van der Waals surface area contributed by atoms with Crippen molar-refractivity contribution in [3.8, 4) is 67.3 Å². The molecule has 2 aromatic heterocycles. The Labute approximate surface area is 383 Å². The molecule has 2 heterocycles. The second-order valence-corrected chi connectivity index (χ2v) is 17.2. The molecule has 0 amide bonds. The molecule has 10 aromatic carbocycles. The van der Waals surface area contributed by atoms with Gasteiger partial charge in [0.25, 0.3) is 0 Å². The summed E-state index contributed by atoms with van der Waals surface area (Å²) in [6, 6.07) is 87.0. The number of fused-ring (bicyclic) bond motifs is 7. The van der Waals surface area contributed by atoms with Gasteiger partial charge in [-0.05, 0) is 90.7 Å². The second-order valence-electron chi connectivity index (χ2n) is 17.2. The highest BCUT2D eigenvalue weighted by molar-refractivity contribution is 6.09. The van der Waals surface area contributed by atoms with Crippen LogP contribution in [0, 0.1) is 0 Å². The van der Waals surface area contributed by atoms with Gasteiger partial charge in [-0.2, -0.15) is 0 Å². The van der Waals surface area contributed by atoms with E-state index in [1.807, 2.05) is 18.2 Å². The summed E-state index contributed by atoms with van der Waals surface area (Å²) in [7, 11) is 0. The third-order valence-corrected chi connectivity index (χ3v) is 13.6. The Hall–Kier alpha value is -8.66. The minimum atomic E-state index is -0.511. The lowest BCUT2D eigenvalue weighted by molar-refractivity contribution is 0.669. The zero-order valence-electron chi connectivity index (χ0n) is 35.9. The molecule has 0 saturated heterocycles. The Bertz CT molecular complexity index is 3760. The summed E-state index contributed by atoms with van der Waals surface area (Å²) in [5.41, 5.74) is 18.2. The van der Waals surface area contributed by atoms with Crippen molar-refractivity contribution < 1.29 is 4.42 Å². The zero-order valence-corrected chi connectivity index (χ0v) is 35.9. The van der Waals surface area contributed by atoms with Gasteiger partial charge in [0, 0.05) is 27.5 Å². The van der Waals surface area contributed by atoms with Gasteiger partial charge in [-0.25, -0.2) is 9.97 Å². The molecule has 66 heavy (non-hydrogen) atoms. The molecule has 12 aromatic rings. The lowest BCUT2D eigenvalue weighted by atomic mass is 9.67. The number of para-hydroxylation sites is 1. The summed E-state index contributed by atoms with van der Waals surface area (Å²) in [5.74, 6) is 0.691. The molecule has 13 rings (SSSR count). The van der Waals surface area contributed by atoms with Crippen molar-refractivity contribution >= 4 is 32.7 Å². The van der Waals surface area contributed by atoms with E-state index >= 15 is 0 Å². The first kappa shape index (κ1) is 37.9. The number of benzene rings is 10. The van der Waals surface area contributed by atoms with Gasteiger partial charge in [-0.15, -0.1) is 0 Å². The van der Waals surface area contributed by atoms with Crippen molar-refractivity contribution in [3.63, 3.8) is 0 Å². The first-order valence-electron chi connectivity index (χ1n) is 22.6. The van der Waals surface area contributed by atoms with Crippen molar-refractivity contribution in [3.05, 3.63) is 265 Å². The number of aromatic nitrogens is 2. The van der Waals surface area contributed by atoms with Gasteiger partial charge in [0.15, 0.2) is 5.82 Å². The molecule has 0 N–H and O–H groups in total. The highest BCUT2D eigenvalue weighted by Gasteiger charge is 2.46. The summed E-state index contributed by atoms with van der Waals surface area (Å²) in [5, 5.41) is 4.67. The molecule has 0 fully saturated rings. The van der Waals surface area contributed by atoms with Gasteiger partial charge in [0.05, 0.1) is 16.8 Å². The van der Waals surface area contributed by atoms with Crippen LogP contribution in [0.25, 0.3) is 100.0 Å². The number of rotatable bonds is 7. The van der Waals surface area contributed by atoms with Crippen molar-refractivity contribution in [2.24, 2.45) is 0 Å². The first-order valence-corrected chi connectivity index (χ1v) is 22.6. The molecule has 308 valence electrons. The summed E-state index contributed by atoms with van der Waals surface area (Å²) >= 11 is 0. The lowest BCUT2D eigenvalue weighted by Gasteiger charge is -2.33. The van der Waals surface area contributed by atoms with Crippen molar-refractivity contribution in [1.29, 1.82) is 0 Å². The van der Waals surface area contributed by atoms with Crippen LogP contribution in [-0.4, -0.2) is 9.97 Å². The number of nitrogens with zero attached hydrogens (tertiary/aromatic N) is 2. The average molecular weight is 841 g/mol. The first-order chi connectivity index (χ1) is 32.7. The molecule has 0 radical (unpaired) electrons. The predicted octanol–water partition coefficient (Wildman–Crippen LogP) is 16.2. The van der Waals surface area contributed by atoms with Gasteiger partial charge in [0.2, 0.25) is 0 Å². The van der Waals surface area contributed by atoms with E-state index in [0.717, 1.165) is 55.6 Å². The fourth-order valence-corrected chi connectivity index (χ4v) is 10.7. The SMILES string of the molecule is c1ccc(-c2nc(-c3ccc(-c4ccc(-c5ccc6oc7ccccc7c6c5)c5ccccc45)cc3)cc(-c3cccc4c3-c3ccccc3C4(c3ccccc3)c3ccccc3)n2)cc1. The number of hydrogen-bond donors (Lipinski definition) is 0. The molecular formula is C63H40N2O. The summed E-state index contributed by atoms with van der Waals surface area (Å²) < 4.78 is 6.17. The van der Waals surface area contributed by atoms with E-state index in [0.29, 0.717) is 5.82 Å². The van der Waals surface area contributed by atoms with Crippen molar-refractivity contribution in [2.45, 2.75) is 5.41 Å². The molecule has 0 atom stereocenters. The topological polar surface area (TPSA) is 38.9 Å². The predicted molar refractivity (Wildman–Crippen MR) is 271 cm³/mol. The maximum Gasteiger partial charge on any atom is 0.160 e. The minimum Gasteiger partial charge on any atom is -0.456 e. The second kappa shape index (κ2) is 15.3. The van der Waals surface area contributed by atoms with E-state index in [4.69, 9.17) is 14.4 Å². The van der Waals surface area contributed by atoms with Crippen molar-refractivity contribution in [2.75, 3.05) is 0 Å². The molecule has 3 heteroatoms. The third kappa shape index (κ3) is 5.91. The molecule has 1 aliphatic rings. The van der Waals surface area contributed by atoms with E-state index < -0.39 is 5.41 Å². The Kier molecular flexibility index (Phi) is 8.75. The molecule has 0 aliphatic heterocycles. The van der Waals surface area contributed by atoms with Gasteiger partial charge >= 0.3 is 0 Å². The van der Waals surface area contributed by atoms with E-state index in [1.165, 1.54) is 60.8 Å². The summed E-state index contributed by atoms with van der Waals surface area (Å²) in [6.45, 7) is 0. The Balaban J connectivity index is 0.941. The van der Waals surface area contributed by atoms with Crippen LogP contribution in [0.15, 0.2) is 247 Å². The van der Waals surface area contributed by atoms with Crippen LogP contribution in [0.4, 0.5) is 0 Å². The molecule has 0 bridgehead atoms. The van der Waals surface area contributed by atoms with Crippen LogP contribution in [0.1, 0.15) is 22.3 Å². The molecular weight excluding hydrogens is 801 g/mol. The van der Waals surface area contributed by atoms with E-state index in [1.54, 1.807) is 0 Å². The van der Waals surface area contributed by atoms with Crippen LogP contribution < -0.4 is 0 Å². The highest BCUT2D eigenvalue weighted by atomic mass is 16.3. The minimum absolute atomic E-state index is 0.511. The standard InChI is InChI=1S/C63H40N2O/c1-4-17-43(18-5-1)62-64-57(40-58(65-62)53-27-16-29-56-61(53)52-26-12-14-28-55(52)63(56,45-19-6-2-7-20-45)46-21-8-3-9-22-46)42-33-31-41(32-34-42)47-36-37-48(50-24-11-10-23-49(47)50)44-35-38-60-54(39-44)51-25-13-15-30-59(51)66-60/h1-40H. The van der Waals surface area contributed by atoms with E-state index in [9.17, 15) is 0 Å². The van der Waals surface area contributed by atoms with Crippen LogP contribution >= 0.6 is 0 Å². The summed E-state index contributed by atoms with van der Waals surface area (Å²) in [6.07, 6.45) is 0. The van der Waals surface area contributed by atoms with Crippen LogP contribution in [0.5, 0.6) is 0 Å². The van der Waals surface area contributed by atoms with Gasteiger partial charge in [-0.1, -0.05) is 218 Å². The molecule has 0 spiro atoms. The van der Waals surface area contributed by atoms with Crippen LogP contribution in [0.3, 0.4) is 0 Å². The monoisotopic (exact) mass is 840 g/mol. The Morgan fingerprint density at radius 2 is 0.833 bits per heavy atom. The fraction of sp³-hybridized carbons (Fsp3) is 0.0159. The quantitative estimate of drug-likeness (QED) is 0.160. The van der Waals surface area contributed by atoms with Crippen LogP contribution in [0.2, 0.25) is 0 Å². The fourth-order valence-electron chi connectivity index (χ4n) is 10.7. The summed E-state index contributed by atoms with van der Waals surface area (Å²) in [4.78, 5) is 10.7. The molecule has 3 nitrogen and oxygen atoms in total. The Morgan fingerprint density at radius 3 is 1.56 bits per heavy atom. The molecule has 0 unspecified atom stereocenters. The average Bonchev–Trinajstić information content (AvgIpc) is 3.93. The molecule has 1 aliphatic carbocycles. The van der Waals surface area contributed by atoms with Gasteiger partial charge < -0.3 is 4.42 Å². The van der Waals surface area contributed by atoms with E-state index in [-0.39, 0.29) is 0 Å². The maximum absolute atomic E-state index is 6.17. The van der Waals surface area contributed by atoms with Crippen molar-refractivity contribution in [1.82, 2.24) is 9.97 Å². The molecule has 0 saturated carbocycles. The number of hydrogen-bond acceptors (Lipinski definition) is 3. The lowest BCUT2D eigenvalue weighted by Crippen LogP contribution is -2.28. The number of furan rings is 1. The maximum atomic E-state index is 6.17. The van der Waals surface area contributed by atoms with E-state index in [2.05, 4.69) is 224 Å². The van der Waals surface area contributed by atoms with Gasteiger partial charge in [0.1, 0.15) is 11.2 Å². The highest BCUT2D eigenvalue weighted by Crippen LogP contribution is 2.58. The largest absolute Gasteiger partial charge is 0.456 e. The normalized spacial score (nSPS) is 12.7. The zero-order chi connectivity index (χ0) is 43.6. The third-order valence-electron chi connectivity index (χ3n) is 13.6.